The average molecular weight is 258 g/mol. The van der Waals surface area contributed by atoms with Crippen LogP contribution < -0.4 is 0 Å². The molecule has 0 saturated heterocycles. The van der Waals surface area contributed by atoms with Gasteiger partial charge in [-0.1, -0.05) is 31.0 Å². The van der Waals surface area contributed by atoms with Gasteiger partial charge in [0.15, 0.2) is 5.82 Å². The average Bonchev–Trinajstić information content (AvgIpc) is 2.91. The highest BCUT2D eigenvalue weighted by atomic mass is 16.3. The van der Waals surface area contributed by atoms with E-state index < -0.39 is 0 Å². The number of hydrogen-bond donors (Lipinski definition) is 1. The van der Waals surface area contributed by atoms with Crippen LogP contribution in [0.1, 0.15) is 31.5 Å². The number of aromatic nitrogens is 4. The van der Waals surface area contributed by atoms with Crippen LogP contribution in [0.15, 0.2) is 30.3 Å². The molecule has 0 aliphatic heterocycles. The first kappa shape index (κ1) is 12.3. The highest BCUT2D eigenvalue weighted by Crippen LogP contribution is 2.27. The molecule has 0 amide bonds. The molecule has 2 aromatic rings. The molecule has 1 aliphatic carbocycles. The maximum Gasteiger partial charge on any atom is 0.157 e. The smallest absolute Gasteiger partial charge is 0.157 e. The Morgan fingerprint density at radius 2 is 1.95 bits per heavy atom. The quantitative estimate of drug-likeness (QED) is 0.911. The summed E-state index contributed by atoms with van der Waals surface area (Å²) in [7, 11) is 0. The van der Waals surface area contributed by atoms with Gasteiger partial charge in [-0.25, -0.2) is 0 Å². The number of hydrogen-bond acceptors (Lipinski definition) is 4. The number of aliphatic hydroxyl groups is 1. The van der Waals surface area contributed by atoms with Crippen molar-refractivity contribution in [2.45, 2.75) is 38.2 Å². The van der Waals surface area contributed by atoms with E-state index in [1.165, 1.54) is 6.42 Å². The largest absolute Gasteiger partial charge is 0.393 e. The predicted molar refractivity (Wildman–Crippen MR) is 70.8 cm³/mol. The van der Waals surface area contributed by atoms with Gasteiger partial charge < -0.3 is 5.11 Å². The van der Waals surface area contributed by atoms with Gasteiger partial charge in [-0.15, -0.1) is 5.10 Å². The van der Waals surface area contributed by atoms with Gasteiger partial charge in [-0.05, 0) is 41.3 Å². The third-order valence-corrected chi connectivity index (χ3v) is 3.85. The van der Waals surface area contributed by atoms with Crippen molar-refractivity contribution in [2.75, 3.05) is 0 Å². The summed E-state index contributed by atoms with van der Waals surface area (Å²) in [6, 6.07) is 9.87. The summed E-state index contributed by atoms with van der Waals surface area (Å²) >= 11 is 0. The number of rotatable bonds is 3. The zero-order chi connectivity index (χ0) is 13.1. The molecule has 1 aromatic carbocycles. The first-order valence-electron chi connectivity index (χ1n) is 6.85. The molecule has 1 N–H and O–H groups in total. The highest BCUT2D eigenvalue weighted by Gasteiger charge is 2.25. The van der Waals surface area contributed by atoms with E-state index in [4.69, 9.17) is 0 Å². The second kappa shape index (κ2) is 5.48. The third kappa shape index (κ3) is 2.66. The maximum atomic E-state index is 10.1. The monoisotopic (exact) mass is 258 g/mol. The highest BCUT2D eigenvalue weighted by molar-refractivity contribution is 5.30. The summed E-state index contributed by atoms with van der Waals surface area (Å²) in [4.78, 5) is 0. The molecule has 2 atom stereocenters. The van der Waals surface area contributed by atoms with Gasteiger partial charge >= 0.3 is 0 Å². The number of nitrogens with zero attached hydrogens (tertiary/aromatic N) is 4. The van der Waals surface area contributed by atoms with Gasteiger partial charge in [0.1, 0.15) is 0 Å². The van der Waals surface area contributed by atoms with Gasteiger partial charge in [0.2, 0.25) is 0 Å². The lowest BCUT2D eigenvalue weighted by molar-refractivity contribution is 0.0687. The second-order valence-corrected chi connectivity index (χ2v) is 5.16. The molecule has 1 saturated carbocycles. The number of aliphatic hydroxyl groups excluding tert-OH is 1. The lowest BCUT2D eigenvalue weighted by Gasteiger charge is -2.26. The van der Waals surface area contributed by atoms with Crippen molar-refractivity contribution in [1.29, 1.82) is 0 Å². The topological polar surface area (TPSA) is 63.8 Å². The number of tetrazole rings is 1. The standard InChI is InChI=1S/C14H18N4O/c19-13-9-5-4-6-11(13)10-14-15-16-17-18(14)12-7-2-1-3-8-12/h1-3,7-8,11,13,19H,4-6,9-10H2. The van der Waals surface area contributed by atoms with E-state index >= 15 is 0 Å². The van der Waals surface area contributed by atoms with Crippen LogP contribution in [0.4, 0.5) is 0 Å². The molecular weight excluding hydrogens is 240 g/mol. The summed E-state index contributed by atoms with van der Waals surface area (Å²) in [6.45, 7) is 0. The molecule has 5 heteroatoms. The fourth-order valence-corrected chi connectivity index (χ4v) is 2.76. The van der Waals surface area contributed by atoms with E-state index in [0.717, 1.165) is 37.2 Å². The van der Waals surface area contributed by atoms with Crippen LogP contribution in [0.25, 0.3) is 5.69 Å². The van der Waals surface area contributed by atoms with Gasteiger partial charge in [0.25, 0.3) is 0 Å². The van der Waals surface area contributed by atoms with Gasteiger partial charge in [-0.3, -0.25) is 0 Å². The van der Waals surface area contributed by atoms with E-state index in [-0.39, 0.29) is 12.0 Å². The molecule has 3 rings (SSSR count). The first-order chi connectivity index (χ1) is 9.34. The lowest BCUT2D eigenvalue weighted by atomic mass is 9.84. The molecule has 100 valence electrons. The van der Waals surface area contributed by atoms with Crippen molar-refractivity contribution in [1.82, 2.24) is 20.2 Å². The fraction of sp³-hybridized carbons (Fsp3) is 0.500. The molecule has 2 unspecified atom stereocenters. The fourth-order valence-electron chi connectivity index (χ4n) is 2.76. The van der Waals surface area contributed by atoms with Crippen LogP contribution in [-0.2, 0) is 6.42 Å². The van der Waals surface area contributed by atoms with E-state index in [1.54, 1.807) is 4.68 Å². The molecule has 0 bridgehead atoms. The lowest BCUT2D eigenvalue weighted by Crippen LogP contribution is -2.27. The number of benzene rings is 1. The third-order valence-electron chi connectivity index (χ3n) is 3.85. The molecular formula is C14H18N4O. The van der Waals surface area contributed by atoms with E-state index in [2.05, 4.69) is 15.5 Å². The molecule has 0 radical (unpaired) electrons. The molecule has 1 fully saturated rings. The Bertz CT molecular complexity index is 525. The predicted octanol–water partition coefficient (Wildman–Crippen LogP) is 1.76. The zero-order valence-corrected chi connectivity index (χ0v) is 10.8. The van der Waals surface area contributed by atoms with Crippen LogP contribution in [0, 0.1) is 5.92 Å². The summed E-state index contributed by atoms with van der Waals surface area (Å²) < 4.78 is 1.77. The zero-order valence-electron chi connectivity index (χ0n) is 10.8. The Balaban J connectivity index is 1.81. The van der Waals surface area contributed by atoms with Crippen LogP contribution >= 0.6 is 0 Å². The van der Waals surface area contributed by atoms with Crippen molar-refractivity contribution in [3.8, 4) is 5.69 Å². The van der Waals surface area contributed by atoms with E-state index in [1.807, 2.05) is 30.3 Å². The molecule has 1 aliphatic rings. The van der Waals surface area contributed by atoms with Crippen molar-refractivity contribution < 1.29 is 5.11 Å². The van der Waals surface area contributed by atoms with Crippen molar-refractivity contribution in [2.24, 2.45) is 5.92 Å². The van der Waals surface area contributed by atoms with Crippen molar-refractivity contribution in [3.05, 3.63) is 36.2 Å². The maximum absolute atomic E-state index is 10.1. The van der Waals surface area contributed by atoms with Crippen molar-refractivity contribution in [3.63, 3.8) is 0 Å². The molecule has 5 nitrogen and oxygen atoms in total. The van der Waals surface area contributed by atoms with Crippen LogP contribution in [0.5, 0.6) is 0 Å². The molecule has 1 aromatic heterocycles. The van der Waals surface area contributed by atoms with Gasteiger partial charge in [0, 0.05) is 6.42 Å². The van der Waals surface area contributed by atoms with E-state index in [9.17, 15) is 5.11 Å². The Morgan fingerprint density at radius 3 is 2.74 bits per heavy atom. The summed E-state index contributed by atoms with van der Waals surface area (Å²) in [5.41, 5.74) is 0.966. The Hall–Kier alpha value is -1.75. The van der Waals surface area contributed by atoms with Crippen LogP contribution in [0.3, 0.4) is 0 Å². The summed E-state index contributed by atoms with van der Waals surface area (Å²) in [5, 5.41) is 22.0. The first-order valence-corrected chi connectivity index (χ1v) is 6.85. The minimum Gasteiger partial charge on any atom is -0.393 e. The van der Waals surface area contributed by atoms with Crippen molar-refractivity contribution >= 4 is 0 Å². The summed E-state index contributed by atoms with van der Waals surface area (Å²) in [6.07, 6.45) is 4.80. The van der Waals surface area contributed by atoms with Crippen LogP contribution in [0.2, 0.25) is 0 Å². The second-order valence-electron chi connectivity index (χ2n) is 5.16. The minimum absolute atomic E-state index is 0.213. The SMILES string of the molecule is OC1CCCCC1Cc1nnnn1-c1ccccc1. The Labute approximate surface area is 112 Å². The Kier molecular flexibility index (Phi) is 3.55. The van der Waals surface area contributed by atoms with E-state index in [0.29, 0.717) is 0 Å². The molecule has 19 heavy (non-hydrogen) atoms. The van der Waals surface area contributed by atoms with Gasteiger partial charge in [-0.2, -0.15) is 4.68 Å². The summed E-state index contributed by atoms with van der Waals surface area (Å²) in [5.74, 6) is 1.11. The molecule has 1 heterocycles. The minimum atomic E-state index is -0.213. The Morgan fingerprint density at radius 1 is 1.16 bits per heavy atom. The number of para-hydroxylation sites is 1. The normalized spacial score (nSPS) is 23.4. The molecule has 0 spiro atoms. The van der Waals surface area contributed by atoms with Gasteiger partial charge in [0.05, 0.1) is 11.8 Å². The van der Waals surface area contributed by atoms with Crippen LogP contribution in [-0.4, -0.2) is 31.4 Å².